The molecule has 5 heteroatoms. The highest BCUT2D eigenvalue weighted by Crippen LogP contribution is 2.31. The first-order valence-corrected chi connectivity index (χ1v) is 8.27. The molecule has 0 aliphatic heterocycles. The van der Waals surface area contributed by atoms with Crippen LogP contribution in [0.25, 0.3) is 0 Å². The molecule has 2 rings (SSSR count). The van der Waals surface area contributed by atoms with E-state index in [-0.39, 0.29) is 24.5 Å². The Morgan fingerprint density at radius 3 is 2.52 bits per heavy atom. The minimum atomic E-state index is -0.849. The standard InChI is InChI=1S/C16H29NO4/c1-21-13-8-4-3-7-12(15(13)19)17-14(18)11-16(20)9-5-2-6-10-16/h12-13,15,19-20H,2-11H2,1H3,(H,17,18)/t12-,13-,15-/m1/s1. The van der Waals surface area contributed by atoms with Crippen molar-refractivity contribution < 1.29 is 19.7 Å². The third-order valence-corrected chi connectivity index (χ3v) is 4.97. The van der Waals surface area contributed by atoms with E-state index in [9.17, 15) is 15.0 Å². The van der Waals surface area contributed by atoms with E-state index < -0.39 is 11.7 Å². The number of nitrogens with one attached hydrogen (secondary N) is 1. The molecule has 0 saturated heterocycles. The predicted octanol–water partition coefficient (Wildman–Crippen LogP) is 1.51. The zero-order valence-electron chi connectivity index (χ0n) is 13.0. The van der Waals surface area contributed by atoms with Gasteiger partial charge < -0.3 is 20.3 Å². The lowest BCUT2D eigenvalue weighted by atomic mass is 9.82. The van der Waals surface area contributed by atoms with Crippen LogP contribution in [0, 0.1) is 0 Å². The van der Waals surface area contributed by atoms with Crippen LogP contribution in [0.4, 0.5) is 0 Å². The van der Waals surface area contributed by atoms with E-state index in [1.165, 1.54) is 0 Å². The Balaban J connectivity index is 1.88. The first-order chi connectivity index (χ1) is 10.0. The number of carbonyl (C=O) groups excluding carboxylic acids is 1. The second-order valence-corrected chi connectivity index (χ2v) is 6.68. The average molecular weight is 299 g/mol. The van der Waals surface area contributed by atoms with Crippen LogP contribution in [0.1, 0.15) is 64.2 Å². The molecule has 0 unspecified atom stereocenters. The highest BCUT2D eigenvalue weighted by molar-refractivity contribution is 5.77. The Kier molecular flexibility index (Phi) is 6.02. The molecule has 1 amide bonds. The van der Waals surface area contributed by atoms with Crippen LogP contribution in [0.3, 0.4) is 0 Å². The van der Waals surface area contributed by atoms with Gasteiger partial charge in [-0.15, -0.1) is 0 Å². The second-order valence-electron chi connectivity index (χ2n) is 6.68. The fraction of sp³-hybridized carbons (Fsp3) is 0.938. The number of hydrogen-bond acceptors (Lipinski definition) is 4. The number of aliphatic hydroxyl groups is 2. The zero-order valence-corrected chi connectivity index (χ0v) is 13.0. The molecule has 122 valence electrons. The van der Waals surface area contributed by atoms with Crippen molar-refractivity contribution >= 4 is 5.91 Å². The number of ether oxygens (including phenoxy) is 1. The van der Waals surface area contributed by atoms with Crippen molar-refractivity contribution in [3.05, 3.63) is 0 Å². The first-order valence-electron chi connectivity index (χ1n) is 8.27. The quantitative estimate of drug-likeness (QED) is 0.688. The van der Waals surface area contributed by atoms with E-state index in [2.05, 4.69) is 5.32 Å². The zero-order chi connectivity index (χ0) is 15.3. The maximum absolute atomic E-state index is 12.2. The number of hydrogen-bond donors (Lipinski definition) is 3. The summed E-state index contributed by atoms with van der Waals surface area (Å²) < 4.78 is 5.31. The maximum Gasteiger partial charge on any atom is 0.223 e. The molecule has 2 saturated carbocycles. The lowest BCUT2D eigenvalue weighted by Gasteiger charge is -2.33. The number of methoxy groups -OCH3 is 1. The molecule has 3 N–H and O–H groups in total. The molecule has 21 heavy (non-hydrogen) atoms. The molecular formula is C16H29NO4. The highest BCUT2D eigenvalue weighted by Gasteiger charge is 2.35. The van der Waals surface area contributed by atoms with Gasteiger partial charge in [-0.05, 0) is 25.7 Å². The smallest absolute Gasteiger partial charge is 0.223 e. The molecule has 5 nitrogen and oxygen atoms in total. The molecule has 0 aromatic carbocycles. The predicted molar refractivity (Wildman–Crippen MR) is 79.9 cm³/mol. The fourth-order valence-corrected chi connectivity index (χ4v) is 3.67. The number of aliphatic hydroxyl groups excluding tert-OH is 1. The van der Waals surface area contributed by atoms with E-state index in [1.807, 2.05) is 0 Å². The number of carbonyl (C=O) groups is 1. The molecule has 0 bridgehead atoms. The van der Waals surface area contributed by atoms with Crippen molar-refractivity contribution in [2.75, 3.05) is 7.11 Å². The molecule has 0 heterocycles. The van der Waals surface area contributed by atoms with E-state index in [4.69, 9.17) is 4.74 Å². The number of rotatable bonds is 4. The van der Waals surface area contributed by atoms with E-state index >= 15 is 0 Å². The average Bonchev–Trinajstić information content (AvgIpc) is 2.61. The summed E-state index contributed by atoms with van der Waals surface area (Å²) >= 11 is 0. The van der Waals surface area contributed by atoms with Crippen molar-refractivity contribution in [1.29, 1.82) is 0 Å². The van der Waals surface area contributed by atoms with Gasteiger partial charge in [0.15, 0.2) is 0 Å². The van der Waals surface area contributed by atoms with Gasteiger partial charge in [-0.1, -0.05) is 32.1 Å². The fourth-order valence-electron chi connectivity index (χ4n) is 3.67. The summed E-state index contributed by atoms with van der Waals surface area (Å²) in [5.41, 5.74) is -0.849. The molecule has 0 aromatic heterocycles. The minimum Gasteiger partial charge on any atom is -0.389 e. The molecule has 0 spiro atoms. The Labute approximate surface area is 127 Å². The Morgan fingerprint density at radius 2 is 1.86 bits per heavy atom. The second kappa shape index (κ2) is 7.56. The van der Waals surface area contributed by atoms with Crippen molar-refractivity contribution in [2.24, 2.45) is 0 Å². The molecule has 2 aliphatic carbocycles. The normalized spacial score (nSPS) is 33.2. The molecule has 3 atom stereocenters. The molecule has 0 radical (unpaired) electrons. The number of amides is 1. The SMILES string of the molecule is CO[C@@H]1CCCC[C@@H](NC(=O)CC2(O)CCCCC2)[C@H]1O. The molecule has 2 aliphatic rings. The van der Waals surface area contributed by atoms with Gasteiger partial charge >= 0.3 is 0 Å². The van der Waals surface area contributed by atoms with E-state index in [0.717, 1.165) is 44.9 Å². The lowest BCUT2D eigenvalue weighted by Crippen LogP contribution is -2.49. The van der Waals surface area contributed by atoms with Gasteiger partial charge in [0.25, 0.3) is 0 Å². The summed E-state index contributed by atoms with van der Waals surface area (Å²) in [4.78, 5) is 12.2. The van der Waals surface area contributed by atoms with Gasteiger partial charge in [-0.25, -0.2) is 0 Å². The van der Waals surface area contributed by atoms with Crippen molar-refractivity contribution in [1.82, 2.24) is 5.32 Å². The van der Waals surface area contributed by atoms with Crippen LogP contribution in [-0.4, -0.2) is 47.1 Å². The third-order valence-electron chi connectivity index (χ3n) is 4.97. The minimum absolute atomic E-state index is 0.147. The topological polar surface area (TPSA) is 78.8 Å². The van der Waals surface area contributed by atoms with Crippen LogP contribution < -0.4 is 5.32 Å². The monoisotopic (exact) mass is 299 g/mol. The van der Waals surface area contributed by atoms with Crippen molar-refractivity contribution in [2.45, 2.75) is 88.1 Å². The largest absolute Gasteiger partial charge is 0.389 e. The first kappa shape index (κ1) is 16.7. The Bertz CT molecular complexity index is 341. The van der Waals surface area contributed by atoms with Gasteiger partial charge in [-0.2, -0.15) is 0 Å². The van der Waals surface area contributed by atoms with Crippen LogP contribution in [0.2, 0.25) is 0 Å². The summed E-state index contributed by atoms with van der Waals surface area (Å²) in [7, 11) is 1.60. The van der Waals surface area contributed by atoms with E-state index in [1.54, 1.807) is 7.11 Å². The summed E-state index contributed by atoms with van der Waals surface area (Å²) in [5.74, 6) is -0.153. The van der Waals surface area contributed by atoms with Gasteiger partial charge in [0, 0.05) is 7.11 Å². The summed E-state index contributed by atoms with van der Waals surface area (Å²) in [5, 5.41) is 23.7. The maximum atomic E-state index is 12.2. The summed E-state index contributed by atoms with van der Waals surface area (Å²) in [6.07, 6.45) is 7.37. The van der Waals surface area contributed by atoms with Gasteiger partial charge in [0.05, 0.1) is 24.2 Å². The summed E-state index contributed by atoms with van der Waals surface area (Å²) in [6.45, 7) is 0. The van der Waals surface area contributed by atoms with Crippen molar-refractivity contribution in [3.63, 3.8) is 0 Å². The van der Waals surface area contributed by atoms with Crippen LogP contribution >= 0.6 is 0 Å². The van der Waals surface area contributed by atoms with Crippen LogP contribution in [-0.2, 0) is 9.53 Å². The summed E-state index contributed by atoms with van der Waals surface area (Å²) in [6, 6.07) is -0.267. The Hall–Kier alpha value is -0.650. The van der Waals surface area contributed by atoms with Crippen LogP contribution in [0.5, 0.6) is 0 Å². The molecule has 2 fully saturated rings. The Morgan fingerprint density at radius 1 is 1.19 bits per heavy atom. The van der Waals surface area contributed by atoms with Gasteiger partial charge in [-0.3, -0.25) is 4.79 Å². The highest BCUT2D eigenvalue weighted by atomic mass is 16.5. The molecule has 0 aromatic rings. The van der Waals surface area contributed by atoms with E-state index in [0.29, 0.717) is 12.8 Å². The van der Waals surface area contributed by atoms with Crippen molar-refractivity contribution in [3.8, 4) is 0 Å². The van der Waals surface area contributed by atoms with Gasteiger partial charge in [0.1, 0.15) is 6.10 Å². The molecular weight excluding hydrogens is 270 g/mol. The lowest BCUT2D eigenvalue weighted by molar-refractivity contribution is -0.130. The third kappa shape index (κ3) is 4.66. The van der Waals surface area contributed by atoms with Crippen LogP contribution in [0.15, 0.2) is 0 Å². The van der Waals surface area contributed by atoms with Gasteiger partial charge in [0.2, 0.25) is 5.91 Å².